The van der Waals surface area contributed by atoms with Gasteiger partial charge in [-0.3, -0.25) is 9.62 Å². The van der Waals surface area contributed by atoms with Gasteiger partial charge in [0, 0.05) is 54.5 Å². The second-order valence-corrected chi connectivity index (χ2v) is 13.8. The van der Waals surface area contributed by atoms with Crippen molar-refractivity contribution in [2.45, 2.75) is 41.5 Å². The molecule has 3 heterocycles. The maximum absolute atomic E-state index is 13.6. The van der Waals surface area contributed by atoms with Crippen molar-refractivity contribution in [1.82, 2.24) is 14.3 Å². The first-order valence-corrected chi connectivity index (χ1v) is 15.6. The third kappa shape index (κ3) is 5.10. The zero-order valence-electron chi connectivity index (χ0n) is 19.4. The first kappa shape index (κ1) is 25.1. The normalized spacial score (nSPS) is 23.0. The predicted octanol–water partition coefficient (Wildman–Crippen LogP) is 3.55. The smallest absolute Gasteiger partial charge is 0.263 e. The van der Waals surface area contributed by atoms with Crippen LogP contribution >= 0.6 is 11.5 Å². The number of hydrogen-bond acceptors (Lipinski definition) is 9. The van der Waals surface area contributed by atoms with Crippen molar-refractivity contribution in [3.63, 3.8) is 0 Å². The molecule has 0 amide bonds. The van der Waals surface area contributed by atoms with Crippen molar-refractivity contribution in [3.8, 4) is 5.75 Å². The second kappa shape index (κ2) is 9.69. The van der Waals surface area contributed by atoms with E-state index in [0.29, 0.717) is 38.2 Å². The van der Waals surface area contributed by atoms with E-state index in [2.05, 4.69) is 19.0 Å². The quantitative estimate of drug-likeness (QED) is 0.493. The maximum Gasteiger partial charge on any atom is 0.263 e. The lowest BCUT2D eigenvalue weighted by molar-refractivity contribution is 0.0680. The minimum Gasteiger partial charge on any atom is -0.493 e. The summed E-state index contributed by atoms with van der Waals surface area (Å²) in [5, 5.41) is -0.315. The fourth-order valence-corrected chi connectivity index (χ4v) is 7.72. The van der Waals surface area contributed by atoms with Gasteiger partial charge in [0.1, 0.15) is 27.7 Å². The minimum absolute atomic E-state index is 0.0444. The minimum atomic E-state index is -3.88. The average molecular weight is 553 g/mol. The van der Waals surface area contributed by atoms with Crippen LogP contribution in [-0.2, 0) is 19.9 Å². The van der Waals surface area contributed by atoms with Gasteiger partial charge in [-0.05, 0) is 36.6 Å². The van der Waals surface area contributed by atoms with E-state index in [1.54, 1.807) is 18.2 Å². The van der Waals surface area contributed by atoms with Gasteiger partial charge in [0.05, 0.1) is 16.8 Å². The Bertz CT molecular complexity index is 1450. The van der Waals surface area contributed by atoms with Gasteiger partial charge in [0.2, 0.25) is 5.13 Å². The number of ether oxygens (including phenoxy) is 1. The first-order chi connectivity index (χ1) is 17.1. The average Bonchev–Trinajstić information content (AvgIpc) is 3.35. The van der Waals surface area contributed by atoms with Crippen LogP contribution in [0.3, 0.4) is 0 Å². The largest absolute Gasteiger partial charge is 0.493 e. The molecule has 0 bridgehead atoms. The fraction of sp³-hybridized carbons (Fsp3) is 0.391. The molecule has 1 fully saturated rings. The Hall–Kier alpha value is -2.61. The second-order valence-electron chi connectivity index (χ2n) is 8.99. The Kier molecular flexibility index (Phi) is 6.74. The molecule has 2 aliphatic rings. The molecule has 0 radical (unpaired) electrons. The summed E-state index contributed by atoms with van der Waals surface area (Å²) in [5.74, 6) is 0.113. The number of fused-ring (bicyclic) bond motifs is 1. The zero-order chi connectivity index (χ0) is 25.5. The molecule has 5 rings (SSSR count). The predicted molar refractivity (Wildman–Crippen MR) is 134 cm³/mol. The Morgan fingerprint density at radius 1 is 1.08 bits per heavy atom. The molecule has 1 saturated heterocycles. The number of aromatic nitrogens is 2. The van der Waals surface area contributed by atoms with Crippen LogP contribution < -0.4 is 9.46 Å². The molecule has 2 aromatic carbocycles. The molecule has 1 aromatic heterocycles. The topological polar surface area (TPSA) is 119 Å². The highest BCUT2D eigenvalue weighted by Crippen LogP contribution is 2.45. The number of nitrogens with one attached hydrogen (secondary N) is 1. The van der Waals surface area contributed by atoms with Gasteiger partial charge >= 0.3 is 0 Å². The summed E-state index contributed by atoms with van der Waals surface area (Å²) >= 11 is 0.938. The van der Waals surface area contributed by atoms with E-state index in [1.807, 2.05) is 0 Å². The fourth-order valence-electron chi connectivity index (χ4n) is 4.98. The van der Waals surface area contributed by atoms with E-state index in [9.17, 15) is 21.2 Å². The summed E-state index contributed by atoms with van der Waals surface area (Å²) in [7, 11) is -7.12. The lowest BCUT2D eigenvalue weighted by atomic mass is 9.89. The van der Waals surface area contributed by atoms with Crippen LogP contribution in [0.5, 0.6) is 5.75 Å². The van der Waals surface area contributed by atoms with Crippen molar-refractivity contribution in [1.29, 1.82) is 0 Å². The molecule has 3 atom stereocenters. The van der Waals surface area contributed by atoms with Gasteiger partial charge in [0.15, 0.2) is 0 Å². The van der Waals surface area contributed by atoms with Gasteiger partial charge in [-0.1, -0.05) is 18.2 Å². The number of piperidine rings is 1. The number of halogens is 1. The highest BCUT2D eigenvalue weighted by Gasteiger charge is 2.40. The van der Waals surface area contributed by atoms with Gasteiger partial charge in [-0.15, -0.1) is 0 Å². The molecule has 0 saturated carbocycles. The lowest BCUT2D eigenvalue weighted by Gasteiger charge is -2.45. The third-order valence-corrected chi connectivity index (χ3v) is 10.4. The number of hydrogen-bond donors (Lipinski definition) is 1. The van der Waals surface area contributed by atoms with Crippen LogP contribution in [0.1, 0.15) is 42.5 Å². The molecule has 13 heteroatoms. The molecule has 0 spiro atoms. The van der Waals surface area contributed by atoms with Crippen molar-refractivity contribution >= 4 is 36.5 Å². The molecule has 0 aliphatic carbocycles. The monoisotopic (exact) mass is 552 g/mol. The molecule has 2 aliphatic heterocycles. The summed E-state index contributed by atoms with van der Waals surface area (Å²) in [6, 6.07) is 10.6. The molecule has 1 N–H and O–H groups in total. The SMILES string of the molecule is CS(=O)(=O)[C@@H]1CCN([C@H]2CCOc3cc(S(=O)(=O)Nc4ncns4)ccc32)[C@H](c2ccc(F)cc2)C1. The van der Waals surface area contributed by atoms with Gasteiger partial charge in [0.25, 0.3) is 10.0 Å². The Labute approximate surface area is 213 Å². The van der Waals surface area contributed by atoms with Crippen LogP contribution in [0, 0.1) is 5.82 Å². The number of likely N-dealkylation sites (tertiary alicyclic amines) is 1. The lowest BCUT2D eigenvalue weighted by Crippen LogP contribution is -2.44. The summed E-state index contributed by atoms with van der Waals surface area (Å²) in [6.45, 7) is 0.912. The van der Waals surface area contributed by atoms with E-state index in [1.165, 1.54) is 36.8 Å². The Morgan fingerprint density at radius 3 is 2.56 bits per heavy atom. The molecule has 36 heavy (non-hydrogen) atoms. The Balaban J connectivity index is 1.47. The number of anilines is 1. The molecule has 192 valence electrons. The molecular formula is C23H25FN4O5S3. The van der Waals surface area contributed by atoms with E-state index < -0.39 is 25.1 Å². The number of nitrogens with zero attached hydrogens (tertiary/aromatic N) is 3. The molecule has 0 unspecified atom stereocenters. The van der Waals surface area contributed by atoms with Crippen LogP contribution in [0.25, 0.3) is 0 Å². The van der Waals surface area contributed by atoms with E-state index in [4.69, 9.17) is 4.74 Å². The first-order valence-electron chi connectivity index (χ1n) is 11.4. The number of rotatable bonds is 6. The molecule has 3 aromatic rings. The van der Waals surface area contributed by atoms with E-state index in [-0.39, 0.29) is 27.9 Å². The number of sulfone groups is 1. The van der Waals surface area contributed by atoms with Crippen LogP contribution in [0.4, 0.5) is 9.52 Å². The summed E-state index contributed by atoms with van der Waals surface area (Å²) < 4.78 is 76.1. The molecular weight excluding hydrogens is 527 g/mol. The summed E-state index contributed by atoms with van der Waals surface area (Å²) in [6.07, 6.45) is 4.07. The van der Waals surface area contributed by atoms with Crippen molar-refractivity contribution in [2.24, 2.45) is 0 Å². The van der Waals surface area contributed by atoms with E-state index in [0.717, 1.165) is 22.7 Å². The Morgan fingerprint density at radius 2 is 1.86 bits per heavy atom. The van der Waals surface area contributed by atoms with Gasteiger partial charge < -0.3 is 4.74 Å². The summed E-state index contributed by atoms with van der Waals surface area (Å²) in [5.41, 5.74) is 1.68. The number of benzene rings is 2. The summed E-state index contributed by atoms with van der Waals surface area (Å²) in [4.78, 5) is 6.15. The van der Waals surface area contributed by atoms with Crippen LogP contribution in [-0.4, -0.2) is 55.8 Å². The third-order valence-electron chi connectivity index (χ3n) is 6.74. The van der Waals surface area contributed by atoms with Crippen molar-refractivity contribution < 1.29 is 26.0 Å². The van der Waals surface area contributed by atoms with Crippen LogP contribution in [0.15, 0.2) is 53.7 Å². The number of sulfonamides is 1. The van der Waals surface area contributed by atoms with Crippen molar-refractivity contribution in [2.75, 3.05) is 24.1 Å². The van der Waals surface area contributed by atoms with Gasteiger partial charge in [-0.2, -0.15) is 4.37 Å². The van der Waals surface area contributed by atoms with Gasteiger partial charge in [-0.25, -0.2) is 26.2 Å². The van der Waals surface area contributed by atoms with Crippen molar-refractivity contribution in [3.05, 3.63) is 65.7 Å². The standard InChI is InChI=1S/C23H25FN4O5S3/c1-35(29,30)17-8-10-28(21(12-17)15-2-4-16(24)5-3-15)20-9-11-33-22-13-18(6-7-19(20)22)36(31,32)27-23-25-14-26-34-23/h2-7,13-14,17,20-21H,8-12H2,1H3,(H,25,26,27)/t17-,20+,21+/m1/s1. The highest BCUT2D eigenvalue weighted by atomic mass is 32.2. The highest BCUT2D eigenvalue weighted by molar-refractivity contribution is 7.93. The molecule has 9 nitrogen and oxygen atoms in total. The maximum atomic E-state index is 13.6. The van der Waals surface area contributed by atoms with Crippen LogP contribution in [0.2, 0.25) is 0 Å². The van der Waals surface area contributed by atoms with E-state index >= 15 is 0 Å². The zero-order valence-corrected chi connectivity index (χ0v) is 21.8.